The first-order valence-corrected chi connectivity index (χ1v) is 5.63. The summed E-state index contributed by atoms with van der Waals surface area (Å²) in [4.78, 5) is 11.7. The molecule has 0 fully saturated rings. The number of rotatable bonds is 5. The number of hydrogen-bond acceptors (Lipinski definition) is 3. The molecule has 1 unspecified atom stereocenters. The van der Waals surface area contributed by atoms with Gasteiger partial charge < -0.3 is 15.4 Å². The minimum atomic E-state index is -4.77. The van der Waals surface area contributed by atoms with E-state index < -0.39 is 18.0 Å². The fourth-order valence-electron chi connectivity index (χ4n) is 1.28. The quantitative estimate of drug-likeness (QED) is 0.864. The molecular weight excluding hydrogens is 261 g/mol. The molecule has 1 atom stereocenters. The lowest BCUT2D eigenvalue weighted by molar-refractivity contribution is -0.274. The number of hydrogen-bond donors (Lipinski definition) is 2. The van der Waals surface area contributed by atoms with Gasteiger partial charge in [0.15, 0.2) is 0 Å². The second-order valence-electron chi connectivity index (χ2n) is 3.98. The zero-order valence-corrected chi connectivity index (χ0v) is 10.5. The molecule has 2 N–H and O–H groups in total. The Morgan fingerprint density at radius 2 is 2.11 bits per heavy atom. The molecule has 0 saturated carbocycles. The molecule has 0 bridgehead atoms. The van der Waals surface area contributed by atoms with Crippen molar-refractivity contribution in [2.75, 3.05) is 13.6 Å². The van der Waals surface area contributed by atoms with Gasteiger partial charge in [0.1, 0.15) is 5.75 Å². The maximum Gasteiger partial charge on any atom is 0.573 e. The molecule has 0 heterocycles. The Morgan fingerprint density at radius 3 is 2.68 bits per heavy atom. The molecule has 4 nitrogen and oxygen atoms in total. The standard InChI is InChI=1S/C12H15F3N2O2/c1-8(16-2)7-17-11(18)9-4-3-5-10(6-9)19-12(13,14)15/h3-6,8,16H,7H2,1-2H3,(H,17,18). The van der Waals surface area contributed by atoms with Crippen LogP contribution in [0.5, 0.6) is 5.75 Å². The average Bonchev–Trinajstić information content (AvgIpc) is 2.33. The highest BCUT2D eigenvalue weighted by molar-refractivity contribution is 5.94. The van der Waals surface area contributed by atoms with Gasteiger partial charge in [0, 0.05) is 18.2 Å². The number of benzene rings is 1. The van der Waals surface area contributed by atoms with Crippen molar-refractivity contribution in [3.8, 4) is 5.75 Å². The van der Waals surface area contributed by atoms with E-state index in [1.165, 1.54) is 12.1 Å². The molecule has 1 amide bonds. The normalized spacial score (nSPS) is 12.9. The predicted molar refractivity (Wildman–Crippen MR) is 64.0 cm³/mol. The fraction of sp³-hybridized carbons (Fsp3) is 0.417. The summed E-state index contributed by atoms with van der Waals surface area (Å²) in [5.41, 5.74) is 0.116. The summed E-state index contributed by atoms with van der Waals surface area (Å²) in [6.45, 7) is 2.24. The highest BCUT2D eigenvalue weighted by Gasteiger charge is 2.31. The van der Waals surface area contributed by atoms with Crippen LogP contribution in [0.2, 0.25) is 0 Å². The second kappa shape index (κ2) is 6.42. The molecule has 0 spiro atoms. The summed E-state index contributed by atoms with van der Waals surface area (Å²) in [6.07, 6.45) is -4.77. The van der Waals surface area contributed by atoms with Crippen LogP contribution >= 0.6 is 0 Å². The molecule has 0 aliphatic carbocycles. The van der Waals surface area contributed by atoms with Gasteiger partial charge in [0.2, 0.25) is 0 Å². The van der Waals surface area contributed by atoms with Gasteiger partial charge >= 0.3 is 6.36 Å². The van der Waals surface area contributed by atoms with Crippen molar-refractivity contribution in [2.24, 2.45) is 0 Å². The predicted octanol–water partition coefficient (Wildman–Crippen LogP) is 1.92. The van der Waals surface area contributed by atoms with E-state index in [0.717, 1.165) is 12.1 Å². The third kappa shape index (κ3) is 5.60. The molecule has 1 aromatic rings. The largest absolute Gasteiger partial charge is 0.573 e. The van der Waals surface area contributed by atoms with E-state index in [2.05, 4.69) is 15.4 Å². The average molecular weight is 276 g/mol. The Balaban J connectivity index is 2.68. The number of carbonyl (C=O) groups is 1. The molecule has 0 aliphatic rings. The van der Waals surface area contributed by atoms with Crippen molar-refractivity contribution in [3.05, 3.63) is 29.8 Å². The topological polar surface area (TPSA) is 50.4 Å². The minimum Gasteiger partial charge on any atom is -0.406 e. The zero-order chi connectivity index (χ0) is 14.5. The van der Waals surface area contributed by atoms with E-state index >= 15 is 0 Å². The molecule has 0 saturated heterocycles. The third-order valence-electron chi connectivity index (χ3n) is 2.39. The maximum absolute atomic E-state index is 12.0. The number of carbonyl (C=O) groups excluding carboxylic acids is 1. The highest BCUT2D eigenvalue weighted by Crippen LogP contribution is 2.23. The van der Waals surface area contributed by atoms with Gasteiger partial charge in [0.25, 0.3) is 5.91 Å². The summed E-state index contributed by atoms with van der Waals surface area (Å²) < 4.78 is 39.9. The summed E-state index contributed by atoms with van der Waals surface area (Å²) >= 11 is 0. The Labute approximate surface area is 108 Å². The molecular formula is C12H15F3N2O2. The number of ether oxygens (including phenoxy) is 1. The Hall–Kier alpha value is -1.76. The molecule has 19 heavy (non-hydrogen) atoms. The Kier molecular flexibility index (Phi) is 5.17. The molecule has 106 valence electrons. The van der Waals surface area contributed by atoms with Crippen LogP contribution in [0, 0.1) is 0 Å². The molecule has 0 aromatic heterocycles. The van der Waals surface area contributed by atoms with Crippen molar-refractivity contribution in [2.45, 2.75) is 19.3 Å². The van der Waals surface area contributed by atoms with E-state index in [4.69, 9.17) is 0 Å². The smallest absolute Gasteiger partial charge is 0.406 e. The molecule has 1 aromatic carbocycles. The third-order valence-corrected chi connectivity index (χ3v) is 2.39. The monoisotopic (exact) mass is 276 g/mol. The first kappa shape index (κ1) is 15.3. The van der Waals surface area contributed by atoms with Crippen LogP contribution in [-0.2, 0) is 0 Å². The zero-order valence-electron chi connectivity index (χ0n) is 10.5. The van der Waals surface area contributed by atoms with Crippen LogP contribution < -0.4 is 15.4 Å². The summed E-state index contributed by atoms with van der Waals surface area (Å²) in [5.74, 6) is -0.864. The van der Waals surface area contributed by atoms with E-state index in [9.17, 15) is 18.0 Å². The SMILES string of the molecule is CNC(C)CNC(=O)c1cccc(OC(F)(F)F)c1. The number of halogens is 3. The second-order valence-corrected chi connectivity index (χ2v) is 3.98. The van der Waals surface area contributed by atoms with Crippen LogP contribution in [0.1, 0.15) is 17.3 Å². The lowest BCUT2D eigenvalue weighted by Gasteiger charge is -2.12. The van der Waals surface area contributed by atoms with E-state index in [-0.39, 0.29) is 11.6 Å². The fourth-order valence-corrected chi connectivity index (χ4v) is 1.28. The molecule has 1 rings (SSSR count). The lowest BCUT2D eigenvalue weighted by Crippen LogP contribution is -2.37. The number of alkyl halides is 3. The van der Waals surface area contributed by atoms with Crippen molar-refractivity contribution < 1.29 is 22.7 Å². The molecule has 0 radical (unpaired) electrons. The summed E-state index contributed by atoms with van der Waals surface area (Å²) in [6, 6.07) is 5.01. The molecule has 7 heteroatoms. The lowest BCUT2D eigenvalue weighted by atomic mass is 10.2. The Morgan fingerprint density at radius 1 is 1.42 bits per heavy atom. The molecule has 0 aliphatic heterocycles. The summed E-state index contributed by atoms with van der Waals surface area (Å²) in [7, 11) is 1.74. The van der Waals surface area contributed by atoms with Crippen LogP contribution in [-0.4, -0.2) is 31.9 Å². The first-order valence-electron chi connectivity index (χ1n) is 5.63. The maximum atomic E-state index is 12.0. The van der Waals surface area contributed by atoms with Crippen LogP contribution in [0.15, 0.2) is 24.3 Å². The van der Waals surface area contributed by atoms with Gasteiger partial charge in [-0.25, -0.2) is 0 Å². The van der Waals surface area contributed by atoms with Gasteiger partial charge in [-0.3, -0.25) is 4.79 Å². The van der Waals surface area contributed by atoms with Gasteiger partial charge in [-0.2, -0.15) is 0 Å². The first-order chi connectivity index (χ1) is 8.81. The van der Waals surface area contributed by atoms with Crippen molar-refractivity contribution in [1.82, 2.24) is 10.6 Å². The van der Waals surface area contributed by atoms with Crippen molar-refractivity contribution in [1.29, 1.82) is 0 Å². The van der Waals surface area contributed by atoms with Crippen molar-refractivity contribution in [3.63, 3.8) is 0 Å². The summed E-state index contributed by atoms with van der Waals surface area (Å²) in [5, 5.41) is 5.53. The number of amides is 1. The van der Waals surface area contributed by atoms with Gasteiger partial charge in [0.05, 0.1) is 0 Å². The van der Waals surface area contributed by atoms with Crippen LogP contribution in [0.3, 0.4) is 0 Å². The van der Waals surface area contributed by atoms with E-state index in [1.807, 2.05) is 6.92 Å². The van der Waals surface area contributed by atoms with Gasteiger partial charge in [-0.05, 0) is 32.2 Å². The highest BCUT2D eigenvalue weighted by atomic mass is 19.4. The number of likely N-dealkylation sites (N-methyl/N-ethyl adjacent to an activating group) is 1. The van der Waals surface area contributed by atoms with Crippen LogP contribution in [0.4, 0.5) is 13.2 Å². The van der Waals surface area contributed by atoms with Gasteiger partial charge in [-0.1, -0.05) is 6.07 Å². The van der Waals surface area contributed by atoms with E-state index in [1.54, 1.807) is 7.05 Å². The van der Waals surface area contributed by atoms with E-state index in [0.29, 0.717) is 6.54 Å². The van der Waals surface area contributed by atoms with Crippen LogP contribution in [0.25, 0.3) is 0 Å². The van der Waals surface area contributed by atoms with Crippen molar-refractivity contribution >= 4 is 5.91 Å². The van der Waals surface area contributed by atoms with Gasteiger partial charge in [-0.15, -0.1) is 13.2 Å². The minimum absolute atomic E-state index is 0.0681. The Bertz CT molecular complexity index is 435. The number of nitrogens with one attached hydrogen (secondary N) is 2.